The van der Waals surface area contributed by atoms with Gasteiger partial charge in [-0.15, -0.1) is 0 Å². The molecule has 2 aromatic rings. The van der Waals surface area contributed by atoms with Crippen LogP contribution in [0.2, 0.25) is 5.02 Å². The summed E-state index contributed by atoms with van der Waals surface area (Å²) in [5, 5.41) is 7.91. The van der Waals surface area contributed by atoms with Crippen LogP contribution in [0.15, 0.2) is 24.3 Å². The lowest BCUT2D eigenvalue weighted by Crippen LogP contribution is -2.36. The monoisotopic (exact) mass is 310 g/mol. The standard InChI is InChI=1S/C13H15ClN4OS/c14-10-1-3-11(4-2-10)18-12(15-16-13(18)20)9-17-5-7-19-8-6-17/h1-4H,5-9H2,(H,16,20). The van der Waals surface area contributed by atoms with E-state index in [9.17, 15) is 0 Å². The van der Waals surface area contributed by atoms with Gasteiger partial charge in [-0.1, -0.05) is 11.6 Å². The fourth-order valence-electron chi connectivity index (χ4n) is 2.25. The number of rotatable bonds is 3. The Morgan fingerprint density at radius 3 is 2.65 bits per heavy atom. The molecule has 0 radical (unpaired) electrons. The van der Waals surface area contributed by atoms with Crippen molar-refractivity contribution >= 4 is 23.8 Å². The zero-order valence-corrected chi connectivity index (χ0v) is 12.5. The maximum Gasteiger partial charge on any atom is 0.199 e. The largest absolute Gasteiger partial charge is 0.379 e. The fraction of sp³-hybridized carbons (Fsp3) is 0.385. The maximum absolute atomic E-state index is 5.93. The van der Waals surface area contributed by atoms with Crippen molar-refractivity contribution in [1.29, 1.82) is 0 Å². The zero-order valence-electron chi connectivity index (χ0n) is 10.9. The molecule has 0 atom stereocenters. The Balaban J connectivity index is 1.88. The van der Waals surface area contributed by atoms with Gasteiger partial charge in [0.15, 0.2) is 4.77 Å². The highest BCUT2D eigenvalue weighted by molar-refractivity contribution is 7.71. The number of morpholine rings is 1. The van der Waals surface area contributed by atoms with E-state index in [1.54, 1.807) is 0 Å². The van der Waals surface area contributed by atoms with Gasteiger partial charge in [-0.25, -0.2) is 0 Å². The van der Waals surface area contributed by atoms with E-state index in [-0.39, 0.29) is 0 Å². The first-order chi connectivity index (χ1) is 9.74. The van der Waals surface area contributed by atoms with Gasteiger partial charge in [-0.05, 0) is 36.5 Å². The van der Waals surface area contributed by atoms with E-state index in [1.807, 2.05) is 28.8 Å². The number of benzene rings is 1. The molecule has 20 heavy (non-hydrogen) atoms. The van der Waals surface area contributed by atoms with Crippen LogP contribution in [0.4, 0.5) is 0 Å². The molecule has 0 amide bonds. The van der Waals surface area contributed by atoms with Crippen molar-refractivity contribution < 1.29 is 4.74 Å². The molecule has 3 rings (SSSR count). The summed E-state index contributed by atoms with van der Waals surface area (Å²) in [5.74, 6) is 0.902. The highest BCUT2D eigenvalue weighted by atomic mass is 35.5. The number of H-pyrrole nitrogens is 1. The third-order valence-corrected chi connectivity index (χ3v) is 3.82. The minimum atomic E-state index is 0.593. The average molecular weight is 311 g/mol. The van der Waals surface area contributed by atoms with Crippen LogP contribution in [0.3, 0.4) is 0 Å². The minimum Gasteiger partial charge on any atom is -0.379 e. The molecule has 106 valence electrons. The Hall–Kier alpha value is -1.21. The van der Waals surface area contributed by atoms with Crippen LogP contribution >= 0.6 is 23.8 Å². The van der Waals surface area contributed by atoms with Crippen molar-refractivity contribution in [3.8, 4) is 5.69 Å². The van der Waals surface area contributed by atoms with E-state index >= 15 is 0 Å². The molecule has 1 N–H and O–H groups in total. The number of hydrogen-bond donors (Lipinski definition) is 1. The molecule has 7 heteroatoms. The van der Waals surface area contributed by atoms with E-state index < -0.39 is 0 Å². The first kappa shape index (κ1) is 13.8. The molecule has 0 aliphatic carbocycles. The Labute approximate surface area is 127 Å². The Morgan fingerprint density at radius 1 is 1.25 bits per heavy atom. The normalized spacial score (nSPS) is 16.4. The lowest BCUT2D eigenvalue weighted by atomic mass is 10.3. The van der Waals surface area contributed by atoms with Crippen LogP contribution in [0.25, 0.3) is 5.69 Å². The van der Waals surface area contributed by atoms with Crippen LogP contribution < -0.4 is 0 Å². The number of aromatic amines is 1. The first-order valence-corrected chi connectivity index (χ1v) is 7.25. The van der Waals surface area contributed by atoms with Crippen molar-refractivity contribution in [3.63, 3.8) is 0 Å². The fourth-order valence-corrected chi connectivity index (χ4v) is 2.63. The smallest absolute Gasteiger partial charge is 0.199 e. The quantitative estimate of drug-likeness (QED) is 0.884. The minimum absolute atomic E-state index is 0.593. The summed E-state index contributed by atoms with van der Waals surface area (Å²) >= 11 is 11.3. The number of halogens is 1. The molecular formula is C13H15ClN4OS. The topological polar surface area (TPSA) is 46.1 Å². The van der Waals surface area contributed by atoms with Crippen LogP contribution in [0.5, 0.6) is 0 Å². The summed E-state index contributed by atoms with van der Waals surface area (Å²) in [6, 6.07) is 7.58. The zero-order chi connectivity index (χ0) is 13.9. The number of ether oxygens (including phenoxy) is 1. The Morgan fingerprint density at radius 2 is 1.95 bits per heavy atom. The molecule has 1 aliphatic rings. The summed E-state index contributed by atoms with van der Waals surface area (Å²) in [4.78, 5) is 2.31. The molecular weight excluding hydrogens is 296 g/mol. The molecule has 0 saturated carbocycles. The van der Waals surface area contributed by atoms with Crippen LogP contribution in [0.1, 0.15) is 5.82 Å². The number of nitrogens with zero attached hydrogens (tertiary/aromatic N) is 3. The number of aromatic nitrogens is 3. The molecule has 5 nitrogen and oxygen atoms in total. The van der Waals surface area contributed by atoms with E-state index in [1.165, 1.54) is 0 Å². The molecule has 1 fully saturated rings. The van der Waals surface area contributed by atoms with Gasteiger partial charge < -0.3 is 4.74 Å². The van der Waals surface area contributed by atoms with E-state index in [0.717, 1.165) is 44.4 Å². The highest BCUT2D eigenvalue weighted by Crippen LogP contribution is 2.16. The van der Waals surface area contributed by atoms with Crippen molar-refractivity contribution in [2.45, 2.75) is 6.54 Å². The molecule has 1 aromatic carbocycles. The van der Waals surface area contributed by atoms with Gasteiger partial charge >= 0.3 is 0 Å². The van der Waals surface area contributed by atoms with Gasteiger partial charge in [0.2, 0.25) is 0 Å². The second-order valence-corrected chi connectivity index (χ2v) is 5.47. The van der Waals surface area contributed by atoms with Crippen LogP contribution in [0, 0.1) is 4.77 Å². The summed E-state index contributed by atoms with van der Waals surface area (Å²) in [5.41, 5.74) is 0.969. The van der Waals surface area contributed by atoms with Gasteiger partial charge in [0, 0.05) is 23.8 Å². The van der Waals surface area contributed by atoms with Gasteiger partial charge in [0.1, 0.15) is 5.82 Å². The van der Waals surface area contributed by atoms with Crippen molar-refractivity contribution in [3.05, 3.63) is 39.9 Å². The molecule has 2 heterocycles. The summed E-state index contributed by atoms with van der Waals surface area (Å²) < 4.78 is 7.90. The summed E-state index contributed by atoms with van der Waals surface area (Å²) in [7, 11) is 0. The highest BCUT2D eigenvalue weighted by Gasteiger charge is 2.15. The predicted octanol–water partition coefficient (Wildman–Crippen LogP) is 2.42. The third-order valence-electron chi connectivity index (χ3n) is 3.30. The average Bonchev–Trinajstić information content (AvgIpc) is 2.82. The molecule has 1 aliphatic heterocycles. The summed E-state index contributed by atoms with van der Waals surface area (Å²) in [6.07, 6.45) is 0. The van der Waals surface area contributed by atoms with Gasteiger partial charge in [0.25, 0.3) is 0 Å². The van der Waals surface area contributed by atoms with E-state index in [4.69, 9.17) is 28.6 Å². The number of hydrogen-bond acceptors (Lipinski definition) is 4. The van der Waals surface area contributed by atoms with Gasteiger partial charge in [-0.2, -0.15) is 5.10 Å². The molecule has 1 saturated heterocycles. The van der Waals surface area contributed by atoms with Crippen LogP contribution in [-0.2, 0) is 11.3 Å². The number of nitrogens with one attached hydrogen (secondary N) is 1. The lowest BCUT2D eigenvalue weighted by molar-refractivity contribution is 0.0328. The van der Waals surface area contributed by atoms with Crippen molar-refractivity contribution in [1.82, 2.24) is 19.7 Å². The molecule has 0 unspecified atom stereocenters. The third kappa shape index (κ3) is 2.93. The second kappa shape index (κ2) is 6.05. The summed E-state index contributed by atoms with van der Waals surface area (Å²) in [6.45, 7) is 4.12. The lowest BCUT2D eigenvalue weighted by Gasteiger charge is -2.26. The predicted molar refractivity (Wildman–Crippen MR) is 79.9 cm³/mol. The SMILES string of the molecule is S=c1[nH]nc(CN2CCOCC2)n1-c1ccc(Cl)cc1. The van der Waals surface area contributed by atoms with E-state index in [0.29, 0.717) is 9.79 Å². The second-order valence-electron chi connectivity index (χ2n) is 4.65. The van der Waals surface area contributed by atoms with Gasteiger partial charge in [-0.3, -0.25) is 14.6 Å². The first-order valence-electron chi connectivity index (χ1n) is 6.46. The van der Waals surface area contributed by atoms with Crippen LogP contribution in [-0.4, -0.2) is 46.0 Å². The Bertz CT molecular complexity index is 631. The molecule has 0 spiro atoms. The Kier molecular flexibility index (Phi) is 4.16. The van der Waals surface area contributed by atoms with Crippen molar-refractivity contribution in [2.75, 3.05) is 26.3 Å². The van der Waals surface area contributed by atoms with E-state index in [2.05, 4.69) is 15.1 Å². The molecule has 1 aromatic heterocycles. The molecule has 0 bridgehead atoms. The van der Waals surface area contributed by atoms with Crippen molar-refractivity contribution in [2.24, 2.45) is 0 Å². The maximum atomic E-state index is 5.93. The van der Waals surface area contributed by atoms with Gasteiger partial charge in [0.05, 0.1) is 19.8 Å².